The van der Waals surface area contributed by atoms with Crippen molar-refractivity contribution >= 4 is 35.3 Å². The fraction of sp³-hybridized carbons (Fsp3) is 0.222. The van der Waals surface area contributed by atoms with Gasteiger partial charge < -0.3 is 17.2 Å². The molecule has 0 heterocycles. The third-order valence-electron chi connectivity index (χ3n) is 3.32. The number of allylic oxidation sites excluding steroid dienone is 4. The van der Waals surface area contributed by atoms with Crippen molar-refractivity contribution in [3.63, 3.8) is 0 Å². The Morgan fingerprint density at radius 3 is 2.04 bits per heavy atom. The van der Waals surface area contributed by atoms with Crippen LogP contribution in [-0.2, 0) is 16.0 Å². The first-order valence-electron chi connectivity index (χ1n) is 7.37. The van der Waals surface area contributed by atoms with Gasteiger partial charge >= 0.3 is 0 Å². The Hall–Kier alpha value is -2.08. The van der Waals surface area contributed by atoms with Crippen LogP contribution < -0.4 is 17.2 Å². The molecule has 0 atom stereocenters. The molecule has 0 spiro atoms. The van der Waals surface area contributed by atoms with Gasteiger partial charge in [0.1, 0.15) is 6.29 Å². The molecule has 0 bridgehead atoms. The minimum atomic E-state index is -0.391. The predicted molar refractivity (Wildman–Crippen MR) is 104 cm³/mol. The molecule has 0 amide bonds. The van der Waals surface area contributed by atoms with Gasteiger partial charge in [-0.2, -0.15) is 0 Å². The molecule has 0 saturated carbocycles. The van der Waals surface area contributed by atoms with Gasteiger partial charge in [-0.05, 0) is 62.0 Å². The van der Waals surface area contributed by atoms with Gasteiger partial charge in [-0.15, -0.1) is 0 Å². The Labute approximate surface area is 158 Å². The lowest BCUT2D eigenvalue weighted by atomic mass is 9.99. The van der Waals surface area contributed by atoms with Crippen molar-refractivity contribution < 1.29 is 9.59 Å². The Balaban J connectivity index is 0.00000277. The van der Waals surface area contributed by atoms with Crippen LogP contribution in [0.1, 0.15) is 18.1 Å². The molecule has 7 heteroatoms. The summed E-state index contributed by atoms with van der Waals surface area (Å²) >= 11 is 12.2. The zero-order valence-corrected chi connectivity index (χ0v) is 16.0. The van der Waals surface area contributed by atoms with Crippen LogP contribution in [0.3, 0.4) is 0 Å². The van der Waals surface area contributed by atoms with Crippen LogP contribution in [0.15, 0.2) is 47.3 Å². The number of hydrogen-bond acceptors (Lipinski definition) is 5. The van der Waals surface area contributed by atoms with Crippen LogP contribution in [0.2, 0.25) is 10.0 Å². The van der Waals surface area contributed by atoms with Crippen molar-refractivity contribution in [3.8, 4) is 0 Å². The molecular weight excluding hydrogens is 361 g/mol. The molecule has 6 N–H and O–H groups in total. The molecule has 136 valence electrons. The second kappa shape index (κ2) is 11.5. The molecule has 0 fully saturated rings. The molecule has 0 unspecified atom stereocenters. The average Bonchev–Trinajstić information content (AvgIpc) is 2.61. The largest absolute Gasteiger partial charge is 0.404 e. The minimum absolute atomic E-state index is 0.234. The number of carbonyl (C=O) groups is 2. The summed E-state index contributed by atoms with van der Waals surface area (Å²) in [6.07, 6.45) is 4.54. The standard InChI is InChI=1S/C17H18Cl2N2O2.CH5N/c1-10(7-20)14(8-21)17(23)6-13(9-22)3-12-4-15(18)11(2)16(19)5-12;1-2/h4-9H,3,20-21H2,1-2H3;2H2,1H3/b10-7-,13-6-,14-8+;. The van der Waals surface area contributed by atoms with Gasteiger partial charge in [0.05, 0.1) is 0 Å². The van der Waals surface area contributed by atoms with Crippen LogP contribution in [-0.4, -0.2) is 19.1 Å². The molecule has 0 aliphatic heterocycles. The van der Waals surface area contributed by atoms with Crippen molar-refractivity contribution in [2.75, 3.05) is 7.05 Å². The summed E-state index contributed by atoms with van der Waals surface area (Å²) in [5.74, 6) is -0.391. The van der Waals surface area contributed by atoms with E-state index >= 15 is 0 Å². The molecule has 1 rings (SSSR count). The van der Waals surface area contributed by atoms with E-state index in [0.29, 0.717) is 21.9 Å². The molecule has 25 heavy (non-hydrogen) atoms. The Morgan fingerprint density at radius 1 is 1.12 bits per heavy atom. The van der Waals surface area contributed by atoms with Gasteiger partial charge in [0, 0.05) is 33.8 Å². The highest BCUT2D eigenvalue weighted by Crippen LogP contribution is 2.26. The zero-order chi connectivity index (χ0) is 19.6. The average molecular weight is 384 g/mol. The third-order valence-corrected chi connectivity index (χ3v) is 4.11. The fourth-order valence-electron chi connectivity index (χ4n) is 1.91. The molecule has 5 nitrogen and oxygen atoms in total. The van der Waals surface area contributed by atoms with Gasteiger partial charge in [-0.3, -0.25) is 9.59 Å². The van der Waals surface area contributed by atoms with Gasteiger partial charge in [0.15, 0.2) is 5.78 Å². The van der Waals surface area contributed by atoms with Gasteiger partial charge in [-0.25, -0.2) is 0 Å². The maximum atomic E-state index is 12.2. The maximum Gasteiger partial charge on any atom is 0.188 e. The molecule has 0 radical (unpaired) electrons. The summed E-state index contributed by atoms with van der Waals surface area (Å²) in [6, 6.07) is 3.44. The maximum absolute atomic E-state index is 12.2. The van der Waals surface area contributed by atoms with Crippen molar-refractivity contribution in [1.82, 2.24) is 0 Å². The van der Waals surface area contributed by atoms with Gasteiger partial charge in [-0.1, -0.05) is 23.2 Å². The second-order valence-corrected chi connectivity index (χ2v) is 5.81. The van der Waals surface area contributed by atoms with E-state index in [1.54, 1.807) is 26.0 Å². The number of aldehydes is 1. The quantitative estimate of drug-likeness (QED) is 0.397. The van der Waals surface area contributed by atoms with E-state index in [9.17, 15) is 9.59 Å². The number of carbonyl (C=O) groups excluding carboxylic acids is 2. The van der Waals surface area contributed by atoms with Crippen molar-refractivity contribution in [1.29, 1.82) is 0 Å². The van der Waals surface area contributed by atoms with E-state index < -0.39 is 5.78 Å². The van der Waals surface area contributed by atoms with Crippen LogP contribution in [0.4, 0.5) is 0 Å². The van der Waals surface area contributed by atoms with Crippen molar-refractivity contribution in [3.05, 3.63) is 68.5 Å². The number of nitrogens with two attached hydrogens (primary N) is 3. The Kier molecular flexibility index (Phi) is 10.5. The summed E-state index contributed by atoms with van der Waals surface area (Å²) < 4.78 is 0. The predicted octanol–water partition coefficient (Wildman–Crippen LogP) is 2.82. The van der Waals surface area contributed by atoms with Crippen LogP contribution in [0, 0.1) is 6.92 Å². The first-order chi connectivity index (χ1) is 11.8. The highest BCUT2D eigenvalue weighted by atomic mass is 35.5. The van der Waals surface area contributed by atoms with Crippen LogP contribution >= 0.6 is 23.2 Å². The Morgan fingerprint density at radius 2 is 1.64 bits per heavy atom. The fourth-order valence-corrected chi connectivity index (χ4v) is 2.44. The molecule has 0 saturated heterocycles. The summed E-state index contributed by atoms with van der Waals surface area (Å²) in [5, 5.41) is 1.02. The van der Waals surface area contributed by atoms with Gasteiger partial charge in [0.25, 0.3) is 0 Å². The smallest absolute Gasteiger partial charge is 0.188 e. The van der Waals surface area contributed by atoms with Gasteiger partial charge in [0.2, 0.25) is 0 Å². The van der Waals surface area contributed by atoms with E-state index in [1.165, 1.54) is 25.5 Å². The van der Waals surface area contributed by atoms with Crippen LogP contribution in [0.25, 0.3) is 0 Å². The van der Waals surface area contributed by atoms with Crippen LogP contribution in [0.5, 0.6) is 0 Å². The molecular formula is C18H23Cl2N3O2. The first kappa shape index (κ1) is 22.9. The number of ketones is 1. The van der Waals surface area contributed by atoms with Crippen molar-refractivity contribution in [2.24, 2.45) is 17.2 Å². The second-order valence-electron chi connectivity index (χ2n) is 4.99. The molecule has 1 aromatic rings. The zero-order valence-electron chi connectivity index (χ0n) is 14.5. The summed E-state index contributed by atoms with van der Waals surface area (Å²) in [5.41, 5.74) is 17.9. The lowest BCUT2D eigenvalue weighted by Gasteiger charge is -2.07. The summed E-state index contributed by atoms with van der Waals surface area (Å²) in [7, 11) is 1.50. The third kappa shape index (κ3) is 6.74. The Bertz CT molecular complexity index is 700. The normalized spacial score (nSPS) is 12.3. The van der Waals surface area contributed by atoms with E-state index in [4.69, 9.17) is 34.7 Å². The van der Waals surface area contributed by atoms with E-state index in [2.05, 4.69) is 5.73 Å². The topological polar surface area (TPSA) is 112 Å². The summed E-state index contributed by atoms with van der Waals surface area (Å²) in [4.78, 5) is 23.4. The lowest BCUT2D eigenvalue weighted by Crippen LogP contribution is -2.07. The number of rotatable bonds is 6. The lowest BCUT2D eigenvalue weighted by molar-refractivity contribution is -0.111. The van der Waals surface area contributed by atoms with Crippen molar-refractivity contribution in [2.45, 2.75) is 20.3 Å². The van der Waals surface area contributed by atoms with E-state index in [-0.39, 0.29) is 17.6 Å². The SMILES string of the molecule is CC(=C/N)/C(=C\N)C(=O)/C=C(\C=O)Cc1cc(Cl)c(C)c(Cl)c1.CN. The number of hydrogen-bond donors (Lipinski definition) is 3. The molecule has 0 aliphatic carbocycles. The monoisotopic (exact) mass is 383 g/mol. The number of halogens is 2. The number of benzene rings is 1. The van der Waals surface area contributed by atoms with E-state index in [0.717, 1.165) is 11.1 Å². The van der Waals surface area contributed by atoms with E-state index in [1.807, 2.05) is 0 Å². The molecule has 1 aromatic carbocycles. The highest BCUT2D eigenvalue weighted by molar-refractivity contribution is 6.36. The minimum Gasteiger partial charge on any atom is -0.404 e. The molecule has 0 aromatic heterocycles. The highest BCUT2D eigenvalue weighted by Gasteiger charge is 2.11. The summed E-state index contributed by atoms with van der Waals surface area (Å²) in [6.45, 7) is 3.46. The first-order valence-corrected chi connectivity index (χ1v) is 8.12. The molecule has 0 aliphatic rings.